The second-order valence-electron chi connectivity index (χ2n) is 7.60. The third-order valence-electron chi connectivity index (χ3n) is 4.81. The Labute approximate surface area is 225 Å². The Balaban J connectivity index is 1.70. The van der Waals surface area contributed by atoms with Crippen molar-refractivity contribution in [3.8, 4) is 11.8 Å². The molecule has 0 fully saturated rings. The zero-order valence-electron chi connectivity index (χ0n) is 18.8. The number of aryl methyl sites for hydroxylation is 2. The minimum Gasteiger partial charge on any atom is -0.481 e. The number of halogens is 3. The van der Waals surface area contributed by atoms with Gasteiger partial charge in [0.05, 0.1) is 8.95 Å². The van der Waals surface area contributed by atoms with E-state index in [9.17, 15) is 14.9 Å². The smallest absolute Gasteiger partial charge is 0.266 e. The largest absolute Gasteiger partial charge is 0.481 e. The fourth-order valence-corrected chi connectivity index (χ4v) is 4.62. The summed E-state index contributed by atoms with van der Waals surface area (Å²) in [4.78, 5) is 24.9. The van der Waals surface area contributed by atoms with E-state index in [1.54, 1.807) is 36.4 Å². The maximum absolute atomic E-state index is 12.5. The minimum absolute atomic E-state index is 0.0830. The zero-order valence-corrected chi connectivity index (χ0v) is 22.7. The molecule has 0 aromatic heterocycles. The van der Waals surface area contributed by atoms with Crippen molar-refractivity contribution in [2.24, 2.45) is 0 Å². The molecule has 3 aromatic rings. The number of benzene rings is 3. The molecule has 0 spiro atoms. The molecule has 3 aromatic carbocycles. The first-order valence-corrected chi connectivity index (χ1v) is 12.3. The first-order valence-electron chi connectivity index (χ1n) is 10.3. The van der Waals surface area contributed by atoms with Gasteiger partial charge in [-0.05, 0) is 111 Å². The normalized spacial score (nSPS) is 10.9. The topological polar surface area (TPSA) is 91.2 Å². The molecule has 6 nitrogen and oxygen atoms in total. The maximum Gasteiger partial charge on any atom is 0.266 e. The lowest BCUT2D eigenvalue weighted by Crippen LogP contribution is -2.21. The van der Waals surface area contributed by atoms with Crippen LogP contribution >= 0.6 is 43.5 Å². The van der Waals surface area contributed by atoms with Gasteiger partial charge in [0, 0.05) is 16.4 Å². The van der Waals surface area contributed by atoms with E-state index in [0.29, 0.717) is 31.0 Å². The number of hydrogen-bond donors (Lipinski definition) is 2. The first-order chi connectivity index (χ1) is 16.7. The summed E-state index contributed by atoms with van der Waals surface area (Å²) in [5, 5.41) is 15.5. The van der Waals surface area contributed by atoms with Crippen molar-refractivity contribution >= 4 is 72.7 Å². The van der Waals surface area contributed by atoms with Crippen LogP contribution in [0.1, 0.15) is 16.7 Å². The summed E-state index contributed by atoms with van der Waals surface area (Å²) < 4.78 is 6.81. The Morgan fingerprint density at radius 1 is 1.03 bits per heavy atom. The lowest BCUT2D eigenvalue weighted by molar-refractivity contribution is -0.118. The Bertz CT molecular complexity index is 1330. The summed E-state index contributed by atoms with van der Waals surface area (Å²) in [7, 11) is 0. The van der Waals surface area contributed by atoms with Crippen LogP contribution in [0.3, 0.4) is 0 Å². The molecule has 0 saturated carbocycles. The van der Waals surface area contributed by atoms with E-state index in [1.165, 1.54) is 6.08 Å². The predicted octanol–water partition coefficient (Wildman–Crippen LogP) is 7.05. The molecule has 0 saturated heterocycles. The number of anilines is 2. The maximum atomic E-state index is 12.5. The fraction of sp³-hybridized carbons (Fsp3) is 0.115. The number of amides is 2. The number of nitrogens with one attached hydrogen (secondary N) is 2. The molecule has 0 bridgehead atoms. The van der Waals surface area contributed by atoms with Gasteiger partial charge < -0.3 is 15.4 Å². The molecule has 9 heteroatoms. The number of carbonyl (C=O) groups is 2. The van der Waals surface area contributed by atoms with E-state index in [4.69, 9.17) is 16.3 Å². The van der Waals surface area contributed by atoms with Crippen molar-refractivity contribution in [2.75, 3.05) is 17.2 Å². The van der Waals surface area contributed by atoms with Crippen LogP contribution in [0.5, 0.6) is 5.75 Å². The van der Waals surface area contributed by atoms with Crippen LogP contribution in [0.4, 0.5) is 11.4 Å². The molecule has 0 radical (unpaired) electrons. The van der Waals surface area contributed by atoms with Gasteiger partial charge in [-0.15, -0.1) is 0 Å². The van der Waals surface area contributed by atoms with Crippen molar-refractivity contribution in [3.63, 3.8) is 0 Å². The molecule has 3 rings (SSSR count). The summed E-state index contributed by atoms with van der Waals surface area (Å²) >= 11 is 12.7. The number of ether oxygens (including phenoxy) is 1. The van der Waals surface area contributed by atoms with Gasteiger partial charge in [0.2, 0.25) is 0 Å². The number of nitriles is 1. The fourth-order valence-electron chi connectivity index (χ4n) is 3.04. The first kappa shape index (κ1) is 26.5. The molecule has 0 unspecified atom stereocenters. The summed E-state index contributed by atoms with van der Waals surface area (Å²) in [5.41, 5.74) is 3.75. The molecule has 0 heterocycles. The van der Waals surface area contributed by atoms with Gasteiger partial charge in [-0.1, -0.05) is 23.7 Å². The SMILES string of the molecule is Cc1ccc(C)c(NC(=O)COc2c(Br)cc(/C=C(/C#N)C(=O)Nc3ccc(Cl)cc3)cc2Br)c1. The Hall–Kier alpha value is -3.12. The Kier molecular flexibility index (Phi) is 9.10. The highest BCUT2D eigenvalue weighted by Crippen LogP contribution is 2.35. The highest BCUT2D eigenvalue weighted by molar-refractivity contribution is 9.11. The standard InChI is InChI=1S/C26H20Br2ClN3O3/c1-15-3-4-16(2)23(9-15)32-24(33)14-35-25-21(27)11-17(12-22(25)28)10-18(13-30)26(34)31-20-7-5-19(29)6-8-20/h3-12H,14H2,1-2H3,(H,31,34)(H,32,33)/b18-10-. The molecule has 2 N–H and O–H groups in total. The molecule has 2 amide bonds. The molecule has 0 aliphatic heterocycles. The van der Waals surface area contributed by atoms with Crippen molar-refractivity contribution in [3.05, 3.63) is 90.8 Å². The second-order valence-corrected chi connectivity index (χ2v) is 9.74. The van der Waals surface area contributed by atoms with E-state index in [1.807, 2.05) is 38.1 Å². The molecule has 35 heavy (non-hydrogen) atoms. The molecule has 0 aliphatic rings. The summed E-state index contributed by atoms with van der Waals surface area (Å²) in [6, 6.07) is 17.7. The molecular weight excluding hydrogens is 598 g/mol. The van der Waals surface area contributed by atoms with Crippen LogP contribution in [0.2, 0.25) is 5.02 Å². The Morgan fingerprint density at radius 3 is 2.31 bits per heavy atom. The van der Waals surface area contributed by atoms with Crippen LogP contribution in [-0.4, -0.2) is 18.4 Å². The average molecular weight is 618 g/mol. The second kappa shape index (κ2) is 12.0. The van der Waals surface area contributed by atoms with Gasteiger partial charge in [-0.2, -0.15) is 5.26 Å². The highest BCUT2D eigenvalue weighted by atomic mass is 79.9. The van der Waals surface area contributed by atoms with Crippen LogP contribution in [0.15, 0.2) is 69.1 Å². The molecule has 178 valence electrons. The Morgan fingerprint density at radius 2 is 1.69 bits per heavy atom. The van der Waals surface area contributed by atoms with E-state index in [0.717, 1.165) is 16.8 Å². The lowest BCUT2D eigenvalue weighted by atomic mass is 10.1. The number of nitrogens with zero attached hydrogens (tertiary/aromatic N) is 1. The van der Waals surface area contributed by atoms with Crippen molar-refractivity contribution in [2.45, 2.75) is 13.8 Å². The van der Waals surface area contributed by atoms with Crippen molar-refractivity contribution in [1.82, 2.24) is 0 Å². The molecule has 0 aliphatic carbocycles. The van der Waals surface area contributed by atoms with Gasteiger partial charge in [-0.25, -0.2) is 0 Å². The zero-order chi connectivity index (χ0) is 25.5. The number of hydrogen-bond acceptors (Lipinski definition) is 4. The quantitative estimate of drug-likeness (QED) is 0.220. The summed E-state index contributed by atoms with van der Waals surface area (Å²) in [6.45, 7) is 3.67. The number of carbonyl (C=O) groups excluding carboxylic acids is 2. The van der Waals surface area contributed by atoms with E-state index in [2.05, 4.69) is 42.5 Å². The van der Waals surface area contributed by atoms with Gasteiger partial charge in [0.1, 0.15) is 17.4 Å². The van der Waals surface area contributed by atoms with Crippen LogP contribution in [0, 0.1) is 25.2 Å². The van der Waals surface area contributed by atoms with Gasteiger partial charge in [0.15, 0.2) is 6.61 Å². The third-order valence-corrected chi connectivity index (χ3v) is 6.24. The third kappa shape index (κ3) is 7.43. The van der Waals surface area contributed by atoms with E-state index in [-0.39, 0.29) is 18.1 Å². The number of rotatable bonds is 7. The van der Waals surface area contributed by atoms with E-state index < -0.39 is 5.91 Å². The average Bonchev–Trinajstić information content (AvgIpc) is 2.80. The summed E-state index contributed by atoms with van der Waals surface area (Å²) in [6.07, 6.45) is 1.46. The van der Waals surface area contributed by atoms with Gasteiger partial charge in [-0.3, -0.25) is 9.59 Å². The van der Waals surface area contributed by atoms with E-state index >= 15 is 0 Å². The van der Waals surface area contributed by atoms with Crippen molar-refractivity contribution < 1.29 is 14.3 Å². The van der Waals surface area contributed by atoms with Gasteiger partial charge in [0.25, 0.3) is 11.8 Å². The van der Waals surface area contributed by atoms with Crippen LogP contribution in [-0.2, 0) is 9.59 Å². The van der Waals surface area contributed by atoms with Crippen LogP contribution < -0.4 is 15.4 Å². The molecule has 0 atom stereocenters. The monoisotopic (exact) mass is 615 g/mol. The van der Waals surface area contributed by atoms with Gasteiger partial charge >= 0.3 is 0 Å². The predicted molar refractivity (Wildman–Crippen MR) is 146 cm³/mol. The highest BCUT2D eigenvalue weighted by Gasteiger charge is 2.14. The van der Waals surface area contributed by atoms with Crippen molar-refractivity contribution in [1.29, 1.82) is 5.26 Å². The lowest BCUT2D eigenvalue weighted by Gasteiger charge is -2.13. The summed E-state index contributed by atoms with van der Waals surface area (Å²) in [5.74, 6) is -0.431. The van der Waals surface area contributed by atoms with Crippen LogP contribution in [0.25, 0.3) is 6.08 Å². The minimum atomic E-state index is -0.550. The molecular formula is C26H20Br2ClN3O3.